The Morgan fingerprint density at radius 3 is 2.20 bits per heavy atom. The number of amides is 1. The van der Waals surface area contributed by atoms with Gasteiger partial charge in [-0.3, -0.25) is 4.79 Å². The topological polar surface area (TPSA) is 54.5 Å². The second kappa shape index (κ2) is 5.95. The molecule has 0 aliphatic heterocycles. The SMILES string of the molecule is CCN(C(=O)c1ccc(S(C)(=O)=O)cc1)C1CCCC1. The quantitative estimate of drug-likeness (QED) is 0.857. The van der Waals surface area contributed by atoms with Crippen LogP contribution in [0.4, 0.5) is 0 Å². The summed E-state index contributed by atoms with van der Waals surface area (Å²) in [6.45, 7) is 2.68. The van der Waals surface area contributed by atoms with Crippen LogP contribution in [0.2, 0.25) is 0 Å². The van der Waals surface area contributed by atoms with Crippen molar-refractivity contribution >= 4 is 15.7 Å². The molecule has 4 nitrogen and oxygen atoms in total. The number of benzene rings is 1. The zero-order valence-corrected chi connectivity index (χ0v) is 12.8. The normalized spacial score (nSPS) is 16.3. The van der Waals surface area contributed by atoms with Crippen LogP contribution >= 0.6 is 0 Å². The van der Waals surface area contributed by atoms with E-state index in [0.717, 1.165) is 12.8 Å². The number of hydrogen-bond acceptors (Lipinski definition) is 3. The molecule has 0 heterocycles. The van der Waals surface area contributed by atoms with Gasteiger partial charge in [-0.05, 0) is 44.0 Å². The second-order valence-corrected chi connectivity index (χ2v) is 7.34. The lowest BCUT2D eigenvalue weighted by Crippen LogP contribution is -2.38. The van der Waals surface area contributed by atoms with Crippen LogP contribution < -0.4 is 0 Å². The van der Waals surface area contributed by atoms with Crippen molar-refractivity contribution in [3.8, 4) is 0 Å². The van der Waals surface area contributed by atoms with E-state index in [1.54, 1.807) is 12.1 Å². The van der Waals surface area contributed by atoms with Gasteiger partial charge in [0.05, 0.1) is 4.90 Å². The summed E-state index contributed by atoms with van der Waals surface area (Å²) < 4.78 is 22.8. The van der Waals surface area contributed by atoms with Crippen molar-refractivity contribution in [2.75, 3.05) is 12.8 Å². The lowest BCUT2D eigenvalue weighted by molar-refractivity contribution is 0.0693. The first kappa shape index (κ1) is 15.0. The van der Waals surface area contributed by atoms with Gasteiger partial charge in [-0.25, -0.2) is 8.42 Å². The highest BCUT2D eigenvalue weighted by Crippen LogP contribution is 2.25. The van der Waals surface area contributed by atoms with Crippen molar-refractivity contribution in [2.24, 2.45) is 0 Å². The number of rotatable bonds is 4. The first-order valence-electron chi connectivity index (χ1n) is 7.04. The smallest absolute Gasteiger partial charge is 0.254 e. The first-order chi connectivity index (χ1) is 9.43. The Labute approximate surface area is 120 Å². The molecule has 0 unspecified atom stereocenters. The van der Waals surface area contributed by atoms with Gasteiger partial charge in [-0.2, -0.15) is 0 Å². The van der Waals surface area contributed by atoms with E-state index in [0.29, 0.717) is 18.2 Å². The van der Waals surface area contributed by atoms with Gasteiger partial charge in [0.25, 0.3) is 5.91 Å². The number of carbonyl (C=O) groups excluding carboxylic acids is 1. The Hall–Kier alpha value is -1.36. The Morgan fingerprint density at radius 1 is 1.20 bits per heavy atom. The van der Waals surface area contributed by atoms with E-state index in [-0.39, 0.29) is 10.8 Å². The molecule has 0 N–H and O–H groups in total. The van der Waals surface area contributed by atoms with Crippen LogP contribution in [-0.4, -0.2) is 38.1 Å². The van der Waals surface area contributed by atoms with Crippen LogP contribution in [0.25, 0.3) is 0 Å². The highest BCUT2D eigenvalue weighted by molar-refractivity contribution is 7.90. The predicted molar refractivity (Wildman–Crippen MR) is 78.5 cm³/mol. The van der Waals surface area contributed by atoms with Gasteiger partial charge in [0, 0.05) is 24.4 Å². The summed E-state index contributed by atoms with van der Waals surface area (Å²) in [5.41, 5.74) is 0.561. The van der Waals surface area contributed by atoms with E-state index in [1.807, 2.05) is 11.8 Å². The molecule has 1 aliphatic rings. The minimum absolute atomic E-state index is 0.000508. The minimum Gasteiger partial charge on any atom is -0.336 e. The zero-order chi connectivity index (χ0) is 14.8. The molecule has 0 bridgehead atoms. The monoisotopic (exact) mass is 295 g/mol. The molecule has 110 valence electrons. The third-order valence-electron chi connectivity index (χ3n) is 3.90. The molecule has 0 radical (unpaired) electrons. The highest BCUT2D eigenvalue weighted by Gasteiger charge is 2.26. The molecule has 1 aromatic carbocycles. The van der Waals surface area contributed by atoms with E-state index >= 15 is 0 Å². The molecule has 0 saturated heterocycles. The van der Waals surface area contributed by atoms with Gasteiger partial charge in [0.15, 0.2) is 9.84 Å². The zero-order valence-electron chi connectivity index (χ0n) is 12.0. The van der Waals surface area contributed by atoms with Gasteiger partial charge in [-0.1, -0.05) is 12.8 Å². The van der Waals surface area contributed by atoms with E-state index in [4.69, 9.17) is 0 Å². The third kappa shape index (κ3) is 3.20. The fraction of sp³-hybridized carbons (Fsp3) is 0.533. The van der Waals surface area contributed by atoms with Gasteiger partial charge < -0.3 is 4.90 Å². The van der Waals surface area contributed by atoms with Crippen LogP contribution in [0, 0.1) is 0 Å². The summed E-state index contributed by atoms with van der Waals surface area (Å²) in [6, 6.07) is 6.56. The Bertz CT molecular complexity index is 572. The van der Waals surface area contributed by atoms with Crippen LogP contribution in [0.15, 0.2) is 29.2 Å². The summed E-state index contributed by atoms with van der Waals surface area (Å²) in [6.07, 6.45) is 5.67. The van der Waals surface area contributed by atoms with Crippen molar-refractivity contribution in [1.82, 2.24) is 4.90 Å². The molecule has 1 amide bonds. The molecule has 1 aromatic rings. The van der Waals surface area contributed by atoms with Crippen LogP contribution in [0.5, 0.6) is 0 Å². The largest absolute Gasteiger partial charge is 0.336 e. The van der Waals surface area contributed by atoms with Crippen molar-refractivity contribution < 1.29 is 13.2 Å². The lowest BCUT2D eigenvalue weighted by Gasteiger charge is -2.27. The molecule has 1 saturated carbocycles. The van der Waals surface area contributed by atoms with E-state index in [9.17, 15) is 13.2 Å². The molecule has 5 heteroatoms. The second-order valence-electron chi connectivity index (χ2n) is 5.33. The molecule has 20 heavy (non-hydrogen) atoms. The average molecular weight is 295 g/mol. The molecular formula is C15H21NO3S. The molecule has 1 aliphatic carbocycles. The van der Waals surface area contributed by atoms with Crippen molar-refractivity contribution in [2.45, 2.75) is 43.5 Å². The van der Waals surface area contributed by atoms with Gasteiger partial charge in [-0.15, -0.1) is 0 Å². The molecule has 1 fully saturated rings. The maximum atomic E-state index is 12.5. The summed E-state index contributed by atoms with van der Waals surface area (Å²) in [5, 5.41) is 0. The fourth-order valence-corrected chi connectivity index (χ4v) is 3.42. The number of nitrogens with zero attached hydrogens (tertiary/aromatic N) is 1. The van der Waals surface area contributed by atoms with Crippen molar-refractivity contribution in [3.63, 3.8) is 0 Å². The van der Waals surface area contributed by atoms with E-state index < -0.39 is 9.84 Å². The summed E-state index contributed by atoms with van der Waals surface area (Å²) >= 11 is 0. The number of sulfone groups is 1. The average Bonchev–Trinajstić information content (AvgIpc) is 2.92. The highest BCUT2D eigenvalue weighted by atomic mass is 32.2. The van der Waals surface area contributed by atoms with Crippen LogP contribution in [-0.2, 0) is 9.84 Å². The Morgan fingerprint density at radius 2 is 1.75 bits per heavy atom. The fourth-order valence-electron chi connectivity index (χ4n) is 2.79. The van der Waals surface area contributed by atoms with Gasteiger partial charge in [0.2, 0.25) is 0 Å². The summed E-state index contributed by atoms with van der Waals surface area (Å²) in [4.78, 5) is 14.7. The van der Waals surface area contributed by atoms with Crippen LogP contribution in [0.3, 0.4) is 0 Å². The molecule has 0 aromatic heterocycles. The maximum Gasteiger partial charge on any atom is 0.254 e. The minimum atomic E-state index is -3.21. The molecular weight excluding hydrogens is 274 g/mol. The summed E-state index contributed by atoms with van der Waals surface area (Å²) in [7, 11) is -3.21. The van der Waals surface area contributed by atoms with Gasteiger partial charge in [0.1, 0.15) is 0 Å². The van der Waals surface area contributed by atoms with Gasteiger partial charge >= 0.3 is 0 Å². The Kier molecular flexibility index (Phi) is 4.48. The molecule has 0 spiro atoms. The summed E-state index contributed by atoms with van der Waals surface area (Å²) in [5.74, 6) is -0.000508. The van der Waals surface area contributed by atoms with Crippen molar-refractivity contribution in [1.29, 1.82) is 0 Å². The van der Waals surface area contributed by atoms with Crippen molar-refractivity contribution in [3.05, 3.63) is 29.8 Å². The van der Waals surface area contributed by atoms with E-state index in [1.165, 1.54) is 31.2 Å². The first-order valence-corrected chi connectivity index (χ1v) is 8.93. The number of carbonyl (C=O) groups is 1. The lowest BCUT2D eigenvalue weighted by atomic mass is 10.1. The maximum absolute atomic E-state index is 12.5. The third-order valence-corrected chi connectivity index (χ3v) is 5.02. The Balaban J connectivity index is 2.19. The van der Waals surface area contributed by atoms with E-state index in [2.05, 4.69) is 0 Å². The number of hydrogen-bond donors (Lipinski definition) is 0. The molecule has 0 atom stereocenters. The van der Waals surface area contributed by atoms with Crippen LogP contribution in [0.1, 0.15) is 43.0 Å². The predicted octanol–water partition coefficient (Wildman–Crippen LogP) is 2.49. The standard InChI is InChI=1S/C15H21NO3S/c1-3-16(13-6-4-5-7-13)15(17)12-8-10-14(11-9-12)20(2,18)19/h8-11,13H,3-7H2,1-2H3. The molecule has 2 rings (SSSR count).